The molecule has 13 heteroatoms. The molecule has 5 rings (SSSR count). The van der Waals surface area contributed by atoms with Crippen molar-refractivity contribution in [3.05, 3.63) is 101 Å². The van der Waals surface area contributed by atoms with Crippen molar-refractivity contribution in [1.82, 2.24) is 31.1 Å². The minimum Gasteiger partial charge on any atom is -0.493 e. The van der Waals surface area contributed by atoms with Crippen LogP contribution in [0.1, 0.15) is 60.2 Å². The molecule has 2 heterocycles. The highest BCUT2D eigenvalue weighted by atomic mass is 16.5. The van der Waals surface area contributed by atoms with Crippen molar-refractivity contribution in [2.45, 2.75) is 70.7 Å². The Morgan fingerprint density at radius 1 is 0.855 bits per heavy atom. The summed E-state index contributed by atoms with van der Waals surface area (Å²) in [4.78, 5) is 72.9. The van der Waals surface area contributed by atoms with Crippen LogP contribution in [0, 0.1) is 5.92 Å². The summed E-state index contributed by atoms with van der Waals surface area (Å²) in [5.74, 6) is -2.19. The highest BCUT2D eigenvalue weighted by Gasteiger charge is 2.34. The number of morpholine rings is 1. The molecule has 0 unspecified atom stereocenters. The summed E-state index contributed by atoms with van der Waals surface area (Å²) in [5, 5.41) is 11.5. The van der Waals surface area contributed by atoms with E-state index >= 15 is 0 Å². The van der Waals surface area contributed by atoms with E-state index in [-0.39, 0.29) is 43.5 Å². The SMILES string of the molecule is CC(C)C[C@H]1C(=O)N[C@@H](Cc2ccccc2)C(=O)NCCCOc2ccccc2C(=O)N[C@H](C(=O)NCc2cccc(CN3CCOCC3)c2)CC(=O)N1C. The second-order valence-electron chi connectivity index (χ2n) is 14.5. The zero-order chi connectivity index (χ0) is 39.2. The van der Waals surface area contributed by atoms with Gasteiger partial charge in [0.1, 0.15) is 23.9 Å². The molecular formula is C42H54N6O7. The molecule has 3 atom stereocenters. The number of carbonyl (C=O) groups excluding carboxylic acids is 5. The normalized spacial score (nSPS) is 20.9. The Morgan fingerprint density at radius 2 is 1.56 bits per heavy atom. The molecule has 3 aromatic carbocycles. The van der Waals surface area contributed by atoms with Gasteiger partial charge in [-0.05, 0) is 47.6 Å². The van der Waals surface area contributed by atoms with E-state index in [0.717, 1.165) is 36.3 Å². The van der Waals surface area contributed by atoms with E-state index in [1.807, 2.05) is 68.4 Å². The molecule has 0 bridgehead atoms. The number of para-hydroxylation sites is 1. The van der Waals surface area contributed by atoms with E-state index in [2.05, 4.69) is 26.2 Å². The first-order chi connectivity index (χ1) is 26.6. The van der Waals surface area contributed by atoms with Crippen LogP contribution in [0.5, 0.6) is 5.75 Å². The maximum Gasteiger partial charge on any atom is 0.255 e. The van der Waals surface area contributed by atoms with E-state index in [9.17, 15) is 24.0 Å². The van der Waals surface area contributed by atoms with Gasteiger partial charge in [0.2, 0.25) is 23.6 Å². The van der Waals surface area contributed by atoms with Crippen LogP contribution in [0.3, 0.4) is 0 Å². The second-order valence-corrected chi connectivity index (χ2v) is 14.5. The summed E-state index contributed by atoms with van der Waals surface area (Å²) in [6, 6.07) is 20.9. The van der Waals surface area contributed by atoms with E-state index in [4.69, 9.17) is 9.47 Å². The molecule has 2 aliphatic heterocycles. The molecule has 0 aromatic heterocycles. The zero-order valence-electron chi connectivity index (χ0n) is 32.1. The standard InChI is InChI=1S/C42H54N6O7/c1-29(2)23-36-42(53)46-34(25-30-11-5-4-6-12-30)40(51)43-17-10-20-55-37-16-8-7-15-33(37)39(50)45-35(26-38(49)47(36)3)41(52)44-27-31-13-9-14-32(24-31)28-48-18-21-54-22-19-48/h4-9,11-16,24,29,34-36H,10,17-23,25-28H2,1-3H3,(H,43,51)(H,44,52)(H,45,50)(H,46,53)/t34-,35-,36-/m0/s1. The molecule has 1 saturated heterocycles. The fourth-order valence-electron chi connectivity index (χ4n) is 6.69. The smallest absolute Gasteiger partial charge is 0.255 e. The van der Waals surface area contributed by atoms with Gasteiger partial charge in [-0.2, -0.15) is 0 Å². The first-order valence-electron chi connectivity index (χ1n) is 19.1. The average Bonchev–Trinajstić information content (AvgIpc) is 3.18. The molecule has 1 fully saturated rings. The lowest BCUT2D eigenvalue weighted by Gasteiger charge is -2.31. The van der Waals surface area contributed by atoms with Gasteiger partial charge in [-0.3, -0.25) is 28.9 Å². The average molecular weight is 755 g/mol. The monoisotopic (exact) mass is 754 g/mol. The van der Waals surface area contributed by atoms with Crippen molar-refractivity contribution in [2.24, 2.45) is 5.92 Å². The van der Waals surface area contributed by atoms with E-state index in [0.29, 0.717) is 31.8 Å². The molecular weight excluding hydrogens is 700 g/mol. The highest BCUT2D eigenvalue weighted by molar-refractivity contribution is 6.01. The molecule has 0 aliphatic carbocycles. The van der Waals surface area contributed by atoms with Gasteiger partial charge < -0.3 is 35.6 Å². The van der Waals surface area contributed by atoms with Crippen LogP contribution < -0.4 is 26.0 Å². The first kappa shape index (κ1) is 40.9. The number of likely N-dealkylation sites (N-methyl/N-ethyl adjacent to an activating group) is 1. The molecule has 294 valence electrons. The van der Waals surface area contributed by atoms with Crippen molar-refractivity contribution in [3.63, 3.8) is 0 Å². The third-order valence-electron chi connectivity index (χ3n) is 9.75. The lowest BCUT2D eigenvalue weighted by Crippen LogP contribution is -2.56. The van der Waals surface area contributed by atoms with Crippen molar-refractivity contribution >= 4 is 29.5 Å². The Kier molecular flexibility index (Phi) is 15.2. The van der Waals surface area contributed by atoms with Gasteiger partial charge in [-0.1, -0.05) is 80.6 Å². The third kappa shape index (κ3) is 12.4. The minimum atomic E-state index is -1.27. The van der Waals surface area contributed by atoms with Crippen molar-refractivity contribution < 1.29 is 33.4 Å². The Labute approximate surface area is 323 Å². The number of benzene rings is 3. The van der Waals surface area contributed by atoms with Gasteiger partial charge >= 0.3 is 0 Å². The van der Waals surface area contributed by atoms with Gasteiger partial charge in [0.15, 0.2) is 0 Å². The molecule has 3 aromatic rings. The van der Waals surface area contributed by atoms with Gasteiger partial charge in [-0.15, -0.1) is 0 Å². The number of ether oxygens (including phenoxy) is 2. The second kappa shape index (κ2) is 20.4. The Bertz CT molecular complexity index is 1760. The van der Waals surface area contributed by atoms with Crippen molar-refractivity contribution in [1.29, 1.82) is 0 Å². The number of carbonyl (C=O) groups is 5. The summed E-state index contributed by atoms with van der Waals surface area (Å²) in [7, 11) is 1.51. The van der Waals surface area contributed by atoms with Crippen LogP contribution >= 0.6 is 0 Å². The Balaban J connectivity index is 1.39. The quantitative estimate of drug-likeness (QED) is 0.260. The first-order valence-corrected chi connectivity index (χ1v) is 19.1. The number of rotatable bonds is 9. The highest BCUT2D eigenvalue weighted by Crippen LogP contribution is 2.20. The number of nitrogens with one attached hydrogen (secondary N) is 4. The molecule has 55 heavy (non-hydrogen) atoms. The zero-order valence-corrected chi connectivity index (χ0v) is 32.1. The summed E-state index contributed by atoms with van der Waals surface area (Å²) in [5.41, 5.74) is 3.03. The van der Waals surface area contributed by atoms with Crippen LogP contribution in [-0.4, -0.2) is 104 Å². The maximum atomic E-state index is 14.1. The van der Waals surface area contributed by atoms with E-state index in [1.54, 1.807) is 24.3 Å². The molecule has 0 radical (unpaired) electrons. The number of hydrogen-bond donors (Lipinski definition) is 4. The summed E-state index contributed by atoms with van der Waals surface area (Å²) < 4.78 is 11.4. The van der Waals surface area contributed by atoms with E-state index in [1.165, 1.54) is 11.9 Å². The predicted molar refractivity (Wildman–Crippen MR) is 208 cm³/mol. The molecule has 2 aliphatic rings. The van der Waals surface area contributed by atoms with Crippen molar-refractivity contribution in [3.8, 4) is 5.75 Å². The van der Waals surface area contributed by atoms with Crippen LogP contribution in [0.4, 0.5) is 0 Å². The molecule has 4 N–H and O–H groups in total. The maximum absolute atomic E-state index is 14.1. The predicted octanol–water partition coefficient (Wildman–Crippen LogP) is 2.82. The lowest BCUT2D eigenvalue weighted by atomic mass is 9.99. The lowest BCUT2D eigenvalue weighted by molar-refractivity contribution is -0.141. The minimum absolute atomic E-state index is 0.0135. The Morgan fingerprint density at radius 3 is 2.33 bits per heavy atom. The molecule has 0 saturated carbocycles. The van der Waals surface area contributed by atoms with Gasteiger partial charge in [0, 0.05) is 46.2 Å². The fourth-order valence-corrected chi connectivity index (χ4v) is 6.69. The molecule has 13 nitrogen and oxygen atoms in total. The Hall–Kier alpha value is -5.27. The van der Waals surface area contributed by atoms with Crippen molar-refractivity contribution in [2.75, 3.05) is 46.5 Å². The van der Waals surface area contributed by atoms with Crippen LogP contribution in [-0.2, 0) is 43.4 Å². The molecule has 5 amide bonds. The largest absolute Gasteiger partial charge is 0.493 e. The van der Waals surface area contributed by atoms with Gasteiger partial charge in [0.25, 0.3) is 5.91 Å². The number of amides is 5. The third-order valence-corrected chi connectivity index (χ3v) is 9.75. The van der Waals surface area contributed by atoms with Crippen LogP contribution in [0.25, 0.3) is 0 Å². The van der Waals surface area contributed by atoms with Crippen LogP contribution in [0.2, 0.25) is 0 Å². The van der Waals surface area contributed by atoms with E-state index < -0.39 is 48.2 Å². The fraction of sp³-hybridized carbons (Fsp3) is 0.452. The topological polar surface area (TPSA) is 158 Å². The van der Waals surface area contributed by atoms with Crippen LogP contribution in [0.15, 0.2) is 78.9 Å². The number of fused-ring (bicyclic) bond motifs is 1. The molecule has 0 spiro atoms. The van der Waals surface area contributed by atoms with Gasteiger partial charge in [0.05, 0.1) is 31.8 Å². The summed E-state index contributed by atoms with van der Waals surface area (Å²) >= 11 is 0. The van der Waals surface area contributed by atoms with Gasteiger partial charge in [-0.25, -0.2) is 0 Å². The summed E-state index contributed by atoms with van der Waals surface area (Å²) in [6.07, 6.45) is 0.574. The number of nitrogens with zero attached hydrogens (tertiary/aromatic N) is 2. The summed E-state index contributed by atoms with van der Waals surface area (Å²) in [6.45, 7) is 8.36. The number of hydrogen-bond acceptors (Lipinski definition) is 8.